The van der Waals surface area contributed by atoms with Gasteiger partial charge in [0.2, 0.25) is 0 Å². The van der Waals surface area contributed by atoms with Crippen LogP contribution in [0.4, 0.5) is 0 Å². The van der Waals surface area contributed by atoms with Crippen molar-refractivity contribution >= 4 is 41.5 Å². The van der Waals surface area contributed by atoms with E-state index in [0.717, 1.165) is 32.2 Å². The molecule has 1 saturated carbocycles. The summed E-state index contributed by atoms with van der Waals surface area (Å²) in [5.74, 6) is 1.40. The molecule has 1 unspecified atom stereocenters. The average molecular weight is 482 g/mol. The smallest absolute Gasteiger partial charge is 0.191 e. The SMILES string of the molecule is CCNC(=NCC1(O)CCC1)NCC(CC)Oc1ccccc1Cl.I. The molecule has 1 aromatic rings. The van der Waals surface area contributed by atoms with Gasteiger partial charge in [0.25, 0.3) is 0 Å². The monoisotopic (exact) mass is 481 g/mol. The summed E-state index contributed by atoms with van der Waals surface area (Å²) in [5, 5.41) is 17.3. The van der Waals surface area contributed by atoms with E-state index >= 15 is 0 Å². The molecule has 1 aliphatic rings. The predicted molar refractivity (Wildman–Crippen MR) is 114 cm³/mol. The third-order valence-electron chi connectivity index (χ3n) is 4.24. The highest BCUT2D eigenvalue weighted by atomic mass is 127. The van der Waals surface area contributed by atoms with Gasteiger partial charge in [-0.2, -0.15) is 0 Å². The van der Waals surface area contributed by atoms with Crippen LogP contribution in [0.3, 0.4) is 0 Å². The van der Waals surface area contributed by atoms with Crippen LogP contribution in [0.2, 0.25) is 5.02 Å². The molecule has 25 heavy (non-hydrogen) atoms. The second-order valence-corrected chi connectivity index (χ2v) is 6.64. The van der Waals surface area contributed by atoms with Crippen LogP contribution in [-0.2, 0) is 0 Å². The number of nitrogens with one attached hydrogen (secondary N) is 2. The van der Waals surface area contributed by atoms with Crippen LogP contribution in [0.1, 0.15) is 39.5 Å². The normalized spacial score (nSPS) is 17.0. The number of ether oxygens (including phenoxy) is 1. The van der Waals surface area contributed by atoms with E-state index in [2.05, 4.69) is 22.5 Å². The minimum Gasteiger partial charge on any atom is -0.487 e. The van der Waals surface area contributed by atoms with E-state index in [-0.39, 0.29) is 30.1 Å². The Labute approximate surface area is 172 Å². The first-order chi connectivity index (χ1) is 11.6. The molecule has 1 aliphatic carbocycles. The van der Waals surface area contributed by atoms with Crippen molar-refractivity contribution < 1.29 is 9.84 Å². The van der Waals surface area contributed by atoms with Crippen LogP contribution < -0.4 is 15.4 Å². The number of rotatable bonds is 8. The van der Waals surface area contributed by atoms with Gasteiger partial charge in [-0.15, -0.1) is 24.0 Å². The van der Waals surface area contributed by atoms with E-state index in [4.69, 9.17) is 16.3 Å². The Morgan fingerprint density at radius 1 is 1.32 bits per heavy atom. The number of para-hydroxylation sites is 1. The minimum atomic E-state index is -0.611. The quantitative estimate of drug-likeness (QED) is 0.302. The molecule has 7 heteroatoms. The summed E-state index contributed by atoms with van der Waals surface area (Å²) >= 11 is 6.15. The van der Waals surface area contributed by atoms with Gasteiger partial charge < -0.3 is 20.5 Å². The number of benzene rings is 1. The van der Waals surface area contributed by atoms with Crippen LogP contribution in [0.25, 0.3) is 0 Å². The standard InChI is InChI=1S/C18H28ClN3O2.HI/c1-3-14(24-16-9-6-5-8-15(16)19)12-21-17(20-4-2)22-13-18(23)10-7-11-18;/h5-6,8-9,14,23H,3-4,7,10-13H2,1-2H3,(H2,20,21,22);1H. The van der Waals surface area contributed by atoms with Gasteiger partial charge in [-0.3, -0.25) is 4.99 Å². The topological polar surface area (TPSA) is 65.9 Å². The van der Waals surface area contributed by atoms with Crippen molar-refractivity contribution in [2.45, 2.75) is 51.2 Å². The van der Waals surface area contributed by atoms with E-state index in [0.29, 0.717) is 29.8 Å². The Hall–Kier alpha value is -0.730. The summed E-state index contributed by atoms with van der Waals surface area (Å²) in [7, 11) is 0. The maximum absolute atomic E-state index is 10.2. The summed E-state index contributed by atoms with van der Waals surface area (Å²) in [6.45, 7) is 5.92. The molecule has 3 N–H and O–H groups in total. The fourth-order valence-corrected chi connectivity index (χ4v) is 2.69. The van der Waals surface area contributed by atoms with Crippen molar-refractivity contribution in [3.8, 4) is 5.75 Å². The van der Waals surface area contributed by atoms with Gasteiger partial charge in [0, 0.05) is 6.54 Å². The number of aliphatic hydroxyl groups is 1. The highest BCUT2D eigenvalue weighted by Crippen LogP contribution is 2.31. The molecule has 0 spiro atoms. The summed E-state index contributed by atoms with van der Waals surface area (Å²) in [4.78, 5) is 4.50. The van der Waals surface area contributed by atoms with Crippen molar-refractivity contribution in [3.63, 3.8) is 0 Å². The molecular formula is C18H29ClIN3O2. The Kier molecular flexibility index (Phi) is 9.89. The average Bonchev–Trinajstić information content (AvgIpc) is 2.56. The largest absolute Gasteiger partial charge is 0.487 e. The Morgan fingerprint density at radius 2 is 2.04 bits per heavy atom. The van der Waals surface area contributed by atoms with E-state index in [9.17, 15) is 5.11 Å². The molecule has 2 rings (SSSR count). The molecular weight excluding hydrogens is 453 g/mol. The van der Waals surface area contributed by atoms with E-state index < -0.39 is 5.60 Å². The van der Waals surface area contributed by atoms with Gasteiger partial charge in [-0.25, -0.2) is 0 Å². The van der Waals surface area contributed by atoms with Crippen LogP contribution in [-0.4, -0.2) is 42.4 Å². The third-order valence-corrected chi connectivity index (χ3v) is 4.56. The van der Waals surface area contributed by atoms with Crippen molar-refractivity contribution in [2.75, 3.05) is 19.6 Å². The molecule has 0 bridgehead atoms. The van der Waals surface area contributed by atoms with Gasteiger partial charge in [0.05, 0.1) is 23.7 Å². The predicted octanol–water partition coefficient (Wildman–Crippen LogP) is 3.59. The van der Waals surface area contributed by atoms with Gasteiger partial charge in [-0.1, -0.05) is 30.7 Å². The summed E-state index contributed by atoms with van der Waals surface area (Å²) < 4.78 is 5.97. The van der Waals surface area contributed by atoms with Gasteiger partial charge >= 0.3 is 0 Å². The summed E-state index contributed by atoms with van der Waals surface area (Å²) in [5.41, 5.74) is -0.611. The first kappa shape index (κ1) is 22.3. The molecule has 0 amide bonds. The first-order valence-corrected chi connectivity index (χ1v) is 9.10. The summed E-state index contributed by atoms with van der Waals surface area (Å²) in [6.07, 6.45) is 3.59. The van der Waals surface area contributed by atoms with Gasteiger partial charge in [0.15, 0.2) is 5.96 Å². The van der Waals surface area contributed by atoms with Crippen LogP contribution in [0, 0.1) is 0 Å². The molecule has 1 fully saturated rings. The van der Waals surface area contributed by atoms with Crippen LogP contribution in [0.5, 0.6) is 5.75 Å². The van der Waals surface area contributed by atoms with Crippen molar-refractivity contribution in [3.05, 3.63) is 29.3 Å². The zero-order chi connectivity index (χ0) is 17.4. The lowest BCUT2D eigenvalue weighted by Crippen LogP contribution is -2.45. The maximum Gasteiger partial charge on any atom is 0.191 e. The second kappa shape index (κ2) is 11.1. The molecule has 0 radical (unpaired) electrons. The number of guanidine groups is 1. The first-order valence-electron chi connectivity index (χ1n) is 8.72. The molecule has 0 aromatic heterocycles. The van der Waals surface area contributed by atoms with Crippen LogP contribution >= 0.6 is 35.6 Å². The minimum absolute atomic E-state index is 0. The fourth-order valence-electron chi connectivity index (χ4n) is 2.51. The van der Waals surface area contributed by atoms with Crippen molar-refractivity contribution in [1.29, 1.82) is 0 Å². The fraction of sp³-hybridized carbons (Fsp3) is 0.611. The van der Waals surface area contributed by atoms with Crippen LogP contribution in [0.15, 0.2) is 29.3 Å². The molecule has 0 saturated heterocycles. The van der Waals surface area contributed by atoms with Gasteiger partial charge in [0.1, 0.15) is 11.9 Å². The third kappa shape index (κ3) is 7.19. The highest BCUT2D eigenvalue weighted by Gasteiger charge is 2.34. The van der Waals surface area contributed by atoms with Gasteiger partial charge in [-0.05, 0) is 44.7 Å². The molecule has 0 heterocycles. The number of halogens is 2. The molecule has 142 valence electrons. The highest BCUT2D eigenvalue weighted by molar-refractivity contribution is 14.0. The number of hydrogen-bond acceptors (Lipinski definition) is 3. The zero-order valence-electron chi connectivity index (χ0n) is 14.9. The Balaban J connectivity index is 0.00000312. The maximum atomic E-state index is 10.2. The Morgan fingerprint density at radius 3 is 2.60 bits per heavy atom. The number of aliphatic imine (C=N–C) groups is 1. The zero-order valence-corrected chi connectivity index (χ0v) is 18.0. The second-order valence-electron chi connectivity index (χ2n) is 6.23. The Bertz CT molecular complexity index is 553. The van der Waals surface area contributed by atoms with E-state index in [1.54, 1.807) is 0 Å². The number of nitrogens with zero attached hydrogens (tertiary/aromatic N) is 1. The lowest BCUT2D eigenvalue weighted by Gasteiger charge is -2.35. The lowest BCUT2D eigenvalue weighted by molar-refractivity contribution is -0.0236. The summed E-state index contributed by atoms with van der Waals surface area (Å²) in [6, 6.07) is 7.49. The molecule has 5 nitrogen and oxygen atoms in total. The van der Waals surface area contributed by atoms with Crippen molar-refractivity contribution in [1.82, 2.24) is 10.6 Å². The number of hydrogen-bond donors (Lipinski definition) is 3. The molecule has 1 atom stereocenters. The van der Waals surface area contributed by atoms with E-state index in [1.807, 2.05) is 31.2 Å². The molecule has 1 aromatic carbocycles. The van der Waals surface area contributed by atoms with Crippen molar-refractivity contribution in [2.24, 2.45) is 4.99 Å². The lowest BCUT2D eigenvalue weighted by atomic mass is 9.80. The molecule has 0 aliphatic heterocycles. The van der Waals surface area contributed by atoms with E-state index in [1.165, 1.54) is 0 Å².